The largest absolute Gasteiger partial charge is 1.00 e. The van der Waals surface area contributed by atoms with Crippen LogP contribution in [0.1, 0.15) is 11.1 Å². The molecular weight excluding hydrogens is 226 g/mol. The van der Waals surface area contributed by atoms with Crippen molar-refractivity contribution in [3.63, 3.8) is 0 Å². The molecule has 0 saturated carbocycles. The van der Waals surface area contributed by atoms with E-state index < -0.39 is 22.8 Å². The summed E-state index contributed by atoms with van der Waals surface area (Å²) in [6, 6.07) is 0.748. The van der Waals surface area contributed by atoms with Crippen LogP contribution in [0.4, 0.5) is 13.2 Å². The van der Waals surface area contributed by atoms with Gasteiger partial charge in [-0.05, 0) is 29.6 Å². The molecule has 78 valence electrons. The quantitative estimate of drug-likeness (QED) is 0.443. The van der Waals surface area contributed by atoms with Crippen molar-refractivity contribution in [1.29, 1.82) is 0 Å². The predicted molar refractivity (Wildman–Crippen MR) is 41.2 cm³/mol. The summed E-state index contributed by atoms with van der Waals surface area (Å²) in [4.78, 5) is 3.21. The zero-order chi connectivity index (χ0) is 10.9. The molecular formula is C7H5F3LiNO2S. The Labute approximate surface area is 98.6 Å². The minimum absolute atomic E-state index is 0. The summed E-state index contributed by atoms with van der Waals surface area (Å²) in [6.45, 7) is 1.26. The average molecular weight is 231 g/mol. The smallest absolute Gasteiger partial charge is 0.767 e. The molecule has 1 unspecified atom stereocenters. The van der Waals surface area contributed by atoms with Gasteiger partial charge in [-0.15, -0.1) is 0 Å². The standard InChI is InChI=1S/C7H6F3NO2S.Li/c1-4-2-5(7(8,9)10)3-11-6(4)14(12)13;/h2-3H,1H3,(H,12,13);/q;+1/p-1. The third-order valence-electron chi connectivity index (χ3n) is 1.52. The van der Waals surface area contributed by atoms with Crippen molar-refractivity contribution in [2.75, 3.05) is 0 Å². The fraction of sp³-hybridized carbons (Fsp3) is 0.286. The van der Waals surface area contributed by atoms with Gasteiger partial charge in [-0.2, -0.15) is 13.2 Å². The number of halogens is 3. The molecule has 0 amide bonds. The molecule has 0 aromatic carbocycles. The van der Waals surface area contributed by atoms with E-state index in [9.17, 15) is 21.9 Å². The number of hydrogen-bond donors (Lipinski definition) is 0. The van der Waals surface area contributed by atoms with Crippen LogP contribution in [-0.4, -0.2) is 13.7 Å². The van der Waals surface area contributed by atoms with Crippen LogP contribution in [-0.2, 0) is 17.3 Å². The second-order valence-electron chi connectivity index (χ2n) is 2.58. The van der Waals surface area contributed by atoms with Crippen LogP contribution in [0.5, 0.6) is 0 Å². The summed E-state index contributed by atoms with van der Waals surface area (Å²) in [5.41, 5.74) is -0.975. The maximum atomic E-state index is 12.1. The molecule has 0 aliphatic heterocycles. The van der Waals surface area contributed by atoms with E-state index in [0.717, 1.165) is 6.07 Å². The normalized spacial score (nSPS) is 13.1. The van der Waals surface area contributed by atoms with Crippen molar-refractivity contribution in [2.24, 2.45) is 0 Å². The third-order valence-corrected chi connectivity index (χ3v) is 2.26. The molecule has 0 aliphatic rings. The number of aryl methyl sites for hydroxylation is 1. The Morgan fingerprint density at radius 1 is 1.47 bits per heavy atom. The average Bonchev–Trinajstić information content (AvgIpc) is 2.01. The minimum Gasteiger partial charge on any atom is -0.767 e. The van der Waals surface area contributed by atoms with Crippen molar-refractivity contribution >= 4 is 11.1 Å². The van der Waals surface area contributed by atoms with Crippen molar-refractivity contribution in [3.05, 3.63) is 23.4 Å². The summed E-state index contributed by atoms with van der Waals surface area (Å²) in [7, 11) is 0. The fourth-order valence-corrected chi connectivity index (χ4v) is 1.35. The summed E-state index contributed by atoms with van der Waals surface area (Å²) < 4.78 is 57.2. The van der Waals surface area contributed by atoms with Gasteiger partial charge in [0.05, 0.1) is 5.56 Å². The molecule has 1 aromatic rings. The zero-order valence-electron chi connectivity index (χ0n) is 7.96. The zero-order valence-corrected chi connectivity index (χ0v) is 8.78. The first kappa shape index (κ1) is 14.6. The Balaban J connectivity index is 0.00000196. The van der Waals surface area contributed by atoms with E-state index in [4.69, 9.17) is 0 Å². The maximum Gasteiger partial charge on any atom is 1.00 e. The monoisotopic (exact) mass is 231 g/mol. The minimum atomic E-state index is -4.50. The maximum absolute atomic E-state index is 12.1. The fourth-order valence-electron chi connectivity index (χ4n) is 0.892. The molecule has 1 atom stereocenters. The van der Waals surface area contributed by atoms with Crippen LogP contribution in [0.25, 0.3) is 0 Å². The third kappa shape index (κ3) is 3.61. The molecule has 0 radical (unpaired) electrons. The number of nitrogens with zero attached hydrogens (tertiary/aromatic N) is 1. The van der Waals surface area contributed by atoms with Crippen LogP contribution in [0.2, 0.25) is 0 Å². The van der Waals surface area contributed by atoms with Gasteiger partial charge >= 0.3 is 25.0 Å². The first-order chi connectivity index (χ1) is 6.32. The number of alkyl halides is 3. The molecule has 1 rings (SSSR count). The molecule has 0 bridgehead atoms. The van der Waals surface area contributed by atoms with Crippen LogP contribution >= 0.6 is 0 Å². The second-order valence-corrected chi connectivity index (χ2v) is 3.43. The van der Waals surface area contributed by atoms with Gasteiger partial charge in [0.25, 0.3) is 0 Å². The van der Waals surface area contributed by atoms with E-state index in [-0.39, 0.29) is 29.5 Å². The van der Waals surface area contributed by atoms with Gasteiger partial charge in [-0.1, -0.05) is 0 Å². The molecule has 3 nitrogen and oxygen atoms in total. The SMILES string of the molecule is Cc1cc(C(F)(F)F)cnc1S(=O)[O-].[Li+]. The van der Waals surface area contributed by atoms with E-state index in [1.165, 1.54) is 6.92 Å². The van der Waals surface area contributed by atoms with Crippen LogP contribution in [0.15, 0.2) is 17.3 Å². The number of hydrogen-bond acceptors (Lipinski definition) is 3. The summed E-state index contributed by atoms with van der Waals surface area (Å²) in [5.74, 6) is 0. The Morgan fingerprint density at radius 3 is 2.33 bits per heavy atom. The molecule has 1 aromatic heterocycles. The molecule has 0 fully saturated rings. The molecule has 0 N–H and O–H groups in total. The summed E-state index contributed by atoms with van der Waals surface area (Å²) in [6.07, 6.45) is -4.00. The Kier molecular flexibility index (Phi) is 5.00. The second kappa shape index (κ2) is 5.12. The van der Waals surface area contributed by atoms with Gasteiger partial charge in [0, 0.05) is 6.20 Å². The molecule has 0 aliphatic carbocycles. The van der Waals surface area contributed by atoms with Gasteiger partial charge in [0.2, 0.25) is 0 Å². The Hall–Kier alpha value is -0.353. The van der Waals surface area contributed by atoms with Crippen molar-refractivity contribution in [2.45, 2.75) is 18.1 Å². The predicted octanol–water partition coefficient (Wildman–Crippen LogP) is -1.35. The van der Waals surface area contributed by atoms with E-state index in [1.54, 1.807) is 0 Å². The van der Waals surface area contributed by atoms with Gasteiger partial charge in [0.1, 0.15) is 5.03 Å². The summed E-state index contributed by atoms with van der Waals surface area (Å²) >= 11 is -2.60. The Bertz CT molecular complexity index is 383. The van der Waals surface area contributed by atoms with Crippen LogP contribution in [0.3, 0.4) is 0 Å². The molecule has 8 heteroatoms. The van der Waals surface area contributed by atoms with E-state index in [1.807, 2.05) is 0 Å². The number of rotatable bonds is 1. The molecule has 1 heterocycles. The molecule has 0 spiro atoms. The van der Waals surface area contributed by atoms with E-state index in [2.05, 4.69) is 4.98 Å². The van der Waals surface area contributed by atoms with Crippen molar-refractivity contribution < 1.29 is 40.8 Å². The van der Waals surface area contributed by atoms with Gasteiger partial charge < -0.3 is 4.55 Å². The van der Waals surface area contributed by atoms with E-state index in [0.29, 0.717) is 6.20 Å². The molecule has 15 heavy (non-hydrogen) atoms. The Morgan fingerprint density at radius 2 is 2.00 bits per heavy atom. The molecule has 0 saturated heterocycles. The van der Waals surface area contributed by atoms with E-state index >= 15 is 0 Å². The van der Waals surface area contributed by atoms with Crippen LogP contribution < -0.4 is 18.9 Å². The van der Waals surface area contributed by atoms with Gasteiger partial charge in [-0.25, -0.2) is 4.98 Å². The first-order valence-electron chi connectivity index (χ1n) is 3.45. The van der Waals surface area contributed by atoms with Crippen molar-refractivity contribution in [3.8, 4) is 0 Å². The van der Waals surface area contributed by atoms with Gasteiger partial charge in [-0.3, -0.25) is 4.21 Å². The van der Waals surface area contributed by atoms with Crippen LogP contribution in [0, 0.1) is 6.92 Å². The van der Waals surface area contributed by atoms with Gasteiger partial charge in [0.15, 0.2) is 0 Å². The first-order valence-corrected chi connectivity index (χ1v) is 4.53. The van der Waals surface area contributed by atoms with Crippen molar-refractivity contribution in [1.82, 2.24) is 4.98 Å². The summed E-state index contributed by atoms with van der Waals surface area (Å²) in [5, 5.41) is -0.363. The number of pyridine rings is 1. The topological polar surface area (TPSA) is 53.0 Å². The number of aromatic nitrogens is 1.